The van der Waals surface area contributed by atoms with Crippen molar-refractivity contribution >= 4 is 47.9 Å². The van der Waals surface area contributed by atoms with Gasteiger partial charge in [0.05, 0.1) is 5.75 Å². The Labute approximate surface area is 114 Å². The minimum Gasteiger partial charge on any atom is -1.00 e. The Morgan fingerprint density at radius 3 is 2.08 bits per heavy atom. The van der Waals surface area contributed by atoms with Crippen molar-refractivity contribution in [3.05, 3.63) is 12.7 Å². The zero-order valence-electron chi connectivity index (χ0n) is 10.5. The molecule has 0 unspecified atom stereocenters. The van der Waals surface area contributed by atoms with Gasteiger partial charge < -0.3 is 2.85 Å². The Kier molecular flexibility index (Phi) is 19.3. The van der Waals surface area contributed by atoms with Crippen molar-refractivity contribution in [3.63, 3.8) is 0 Å². The summed E-state index contributed by atoms with van der Waals surface area (Å²) in [6.07, 6.45) is 4.14. The van der Waals surface area contributed by atoms with Gasteiger partial charge in [0, 0.05) is 0 Å². The predicted octanol–water partition coefficient (Wildman–Crippen LogP) is 2.10. The van der Waals surface area contributed by atoms with Gasteiger partial charge in [-0.1, -0.05) is 25.8 Å². The topological polar surface area (TPSA) is 54.4 Å². The van der Waals surface area contributed by atoms with Gasteiger partial charge in [0.1, 0.15) is 0 Å². The molecule has 0 spiro atoms. The summed E-state index contributed by atoms with van der Waals surface area (Å²) in [5.74, 6) is -0.0964. The summed E-state index contributed by atoms with van der Waals surface area (Å²) in [4.78, 5) is 0. The van der Waals surface area contributed by atoms with Crippen LogP contribution in [0, 0.1) is 0 Å². The minimum atomic E-state index is -3.70. The molecule has 78 valence electrons. The van der Waals surface area contributed by atoms with E-state index in [1.54, 1.807) is 6.08 Å². The SMILES string of the molecule is C=CC.CCCCCS(=O)(=O)O.[Ca+2].[H-].[H-]. The number of hydrogen-bond donors (Lipinski definition) is 1. The van der Waals surface area contributed by atoms with Crippen LogP contribution in [0.1, 0.15) is 36.0 Å². The molecule has 0 bridgehead atoms. The van der Waals surface area contributed by atoms with Crippen molar-refractivity contribution in [2.75, 3.05) is 5.75 Å². The Morgan fingerprint density at radius 2 is 1.85 bits per heavy atom. The minimum absolute atomic E-state index is 0. The fourth-order valence-electron chi connectivity index (χ4n) is 0.534. The van der Waals surface area contributed by atoms with Crippen LogP contribution >= 0.6 is 0 Å². The molecular formula is C8H20CaO3S. The molecule has 0 radical (unpaired) electrons. The second-order valence-corrected chi connectivity index (χ2v) is 3.97. The van der Waals surface area contributed by atoms with Crippen LogP contribution in [0.2, 0.25) is 0 Å². The van der Waals surface area contributed by atoms with Gasteiger partial charge in [-0.2, -0.15) is 8.42 Å². The Balaban J connectivity index is -0.0000000500. The monoisotopic (exact) mass is 236 g/mol. The second kappa shape index (κ2) is 12.9. The normalized spacial score (nSPS) is 9.15. The van der Waals surface area contributed by atoms with Crippen molar-refractivity contribution in [3.8, 4) is 0 Å². The van der Waals surface area contributed by atoms with E-state index >= 15 is 0 Å². The summed E-state index contributed by atoms with van der Waals surface area (Å²) >= 11 is 0. The van der Waals surface area contributed by atoms with E-state index < -0.39 is 10.1 Å². The molecule has 0 fully saturated rings. The van der Waals surface area contributed by atoms with Gasteiger partial charge in [0.2, 0.25) is 0 Å². The van der Waals surface area contributed by atoms with E-state index in [-0.39, 0.29) is 46.3 Å². The Bertz CT molecular complexity index is 196. The van der Waals surface area contributed by atoms with Gasteiger partial charge in [0.25, 0.3) is 10.1 Å². The number of rotatable bonds is 4. The average molecular weight is 236 g/mol. The molecule has 0 saturated carbocycles. The zero-order valence-corrected chi connectivity index (χ0v) is 11.5. The molecular weight excluding hydrogens is 216 g/mol. The molecule has 0 saturated heterocycles. The van der Waals surface area contributed by atoms with E-state index in [1.807, 2.05) is 13.8 Å². The first-order valence-electron chi connectivity index (χ1n) is 4.00. The van der Waals surface area contributed by atoms with Crippen LogP contribution in [0.25, 0.3) is 0 Å². The van der Waals surface area contributed by atoms with Crippen LogP contribution in [-0.4, -0.2) is 56.5 Å². The van der Waals surface area contributed by atoms with Gasteiger partial charge in [0.15, 0.2) is 0 Å². The average Bonchev–Trinajstić information content (AvgIpc) is 1.87. The molecule has 0 aliphatic heterocycles. The molecule has 1 N–H and O–H groups in total. The smallest absolute Gasteiger partial charge is 1.00 e. The van der Waals surface area contributed by atoms with E-state index in [1.165, 1.54) is 0 Å². The van der Waals surface area contributed by atoms with Crippen LogP contribution in [-0.2, 0) is 10.1 Å². The van der Waals surface area contributed by atoms with Crippen LogP contribution in [0.15, 0.2) is 12.7 Å². The fourth-order valence-corrected chi connectivity index (χ4v) is 1.10. The molecule has 0 rings (SSSR count). The summed E-state index contributed by atoms with van der Waals surface area (Å²) in [6, 6.07) is 0. The van der Waals surface area contributed by atoms with Crippen molar-refractivity contribution < 1.29 is 15.8 Å². The van der Waals surface area contributed by atoms with Crippen LogP contribution < -0.4 is 0 Å². The van der Waals surface area contributed by atoms with Gasteiger partial charge in [-0.3, -0.25) is 4.55 Å². The maximum absolute atomic E-state index is 10.1. The fraction of sp³-hybridized carbons (Fsp3) is 0.750. The maximum atomic E-state index is 10.1. The van der Waals surface area contributed by atoms with Gasteiger partial charge >= 0.3 is 37.7 Å². The van der Waals surface area contributed by atoms with E-state index in [0.717, 1.165) is 12.8 Å². The van der Waals surface area contributed by atoms with Gasteiger partial charge in [-0.05, 0) is 13.3 Å². The molecule has 13 heavy (non-hydrogen) atoms. The largest absolute Gasteiger partial charge is 2.00 e. The summed E-state index contributed by atoms with van der Waals surface area (Å²) in [7, 11) is -3.70. The molecule has 0 aromatic rings. The van der Waals surface area contributed by atoms with E-state index in [2.05, 4.69) is 6.58 Å². The van der Waals surface area contributed by atoms with Crippen molar-refractivity contribution in [2.45, 2.75) is 33.1 Å². The van der Waals surface area contributed by atoms with Crippen LogP contribution in [0.4, 0.5) is 0 Å². The standard InChI is InChI=1S/C5H12O3S.C3H6.Ca.2H/c1-2-3-4-5-9(6,7)8;1-3-2;;;/h2-5H2,1H3,(H,6,7,8);3H,1H2,2H3;;;/q;;+2;2*-1. The van der Waals surface area contributed by atoms with Crippen molar-refractivity contribution in [1.29, 1.82) is 0 Å². The predicted molar refractivity (Wildman–Crippen MR) is 59.8 cm³/mol. The van der Waals surface area contributed by atoms with Gasteiger partial charge in [-0.25, -0.2) is 0 Å². The Hall–Kier alpha value is 0.910. The maximum Gasteiger partial charge on any atom is 2.00 e. The third-order valence-corrected chi connectivity index (χ3v) is 1.81. The van der Waals surface area contributed by atoms with E-state index in [9.17, 15) is 8.42 Å². The quantitative estimate of drug-likeness (QED) is 0.352. The van der Waals surface area contributed by atoms with Crippen molar-refractivity contribution in [2.24, 2.45) is 0 Å². The van der Waals surface area contributed by atoms with Crippen molar-refractivity contribution in [1.82, 2.24) is 0 Å². The molecule has 0 aliphatic rings. The van der Waals surface area contributed by atoms with Gasteiger partial charge in [-0.15, -0.1) is 6.58 Å². The number of hydrogen-bond acceptors (Lipinski definition) is 2. The van der Waals surface area contributed by atoms with E-state index in [0.29, 0.717) is 6.42 Å². The third-order valence-electron chi connectivity index (χ3n) is 1.01. The summed E-state index contributed by atoms with van der Waals surface area (Å²) < 4.78 is 28.3. The first-order chi connectivity index (χ1) is 5.47. The van der Waals surface area contributed by atoms with Crippen LogP contribution in [0.5, 0.6) is 0 Å². The summed E-state index contributed by atoms with van der Waals surface area (Å²) in [5, 5.41) is 0. The van der Waals surface area contributed by atoms with Crippen LogP contribution in [0.3, 0.4) is 0 Å². The van der Waals surface area contributed by atoms with E-state index in [4.69, 9.17) is 4.55 Å². The summed E-state index contributed by atoms with van der Waals surface area (Å²) in [5.41, 5.74) is 0. The number of allylic oxidation sites excluding steroid dienone is 1. The number of unbranched alkanes of at least 4 members (excludes halogenated alkanes) is 2. The zero-order chi connectivity index (χ0) is 10.0. The summed E-state index contributed by atoms with van der Waals surface area (Å²) in [6.45, 7) is 7.23. The molecule has 0 atom stereocenters. The molecule has 0 amide bonds. The third kappa shape index (κ3) is 32.2. The molecule has 0 aliphatic carbocycles. The Morgan fingerprint density at radius 1 is 1.46 bits per heavy atom. The second-order valence-electron chi connectivity index (χ2n) is 2.40. The molecule has 0 aromatic carbocycles. The first kappa shape index (κ1) is 19.5. The molecule has 0 heterocycles. The first-order valence-corrected chi connectivity index (χ1v) is 5.61. The molecule has 0 aromatic heterocycles. The molecule has 5 heteroatoms. The molecule has 3 nitrogen and oxygen atoms in total.